The lowest BCUT2D eigenvalue weighted by atomic mass is 9.73. The second kappa shape index (κ2) is 3.17. The summed E-state index contributed by atoms with van der Waals surface area (Å²) in [7, 11) is 1.58. The van der Waals surface area contributed by atoms with Crippen LogP contribution in [0.3, 0.4) is 0 Å². The van der Waals surface area contributed by atoms with Gasteiger partial charge in [0.15, 0.2) is 12.1 Å². The number of methoxy groups -OCH3 is 1. The van der Waals surface area contributed by atoms with Gasteiger partial charge in [0, 0.05) is 7.11 Å². The molecule has 1 spiro atoms. The highest BCUT2D eigenvalue weighted by Crippen LogP contribution is 2.52. The summed E-state index contributed by atoms with van der Waals surface area (Å²) in [5.74, 6) is -0.627. The normalized spacial score (nSPS) is 54.0. The van der Waals surface area contributed by atoms with E-state index in [2.05, 4.69) is 0 Å². The Balaban J connectivity index is 1.89. The molecule has 1 aliphatic carbocycles. The number of rotatable bonds is 1. The van der Waals surface area contributed by atoms with E-state index in [0.717, 1.165) is 12.8 Å². The number of hydrogen-bond donors (Lipinski definition) is 1. The zero-order valence-corrected chi connectivity index (χ0v) is 9.80. The number of aliphatic hydroxyl groups excluding tert-OH is 1. The molecule has 0 aromatic carbocycles. The Morgan fingerprint density at radius 1 is 1.25 bits per heavy atom. The van der Waals surface area contributed by atoms with Crippen LogP contribution in [0.5, 0.6) is 0 Å². The molecule has 5 heteroatoms. The van der Waals surface area contributed by atoms with Crippen LogP contribution in [0.25, 0.3) is 0 Å². The van der Waals surface area contributed by atoms with Crippen molar-refractivity contribution in [1.29, 1.82) is 0 Å². The monoisotopic (exact) mass is 230 g/mol. The molecule has 0 bridgehead atoms. The first-order valence-electron chi connectivity index (χ1n) is 5.73. The molecular formula is C11H18O5. The van der Waals surface area contributed by atoms with Gasteiger partial charge in [-0.1, -0.05) is 0 Å². The third-order valence-corrected chi connectivity index (χ3v) is 3.82. The smallest absolute Gasteiger partial charge is 0.187 e. The average molecular weight is 230 g/mol. The highest BCUT2D eigenvalue weighted by Gasteiger charge is 2.68. The SMILES string of the molecule is CO[C@@H]1O[C@@]2(CCC2O)[C@@H]2OC(C)(C)OC12. The van der Waals surface area contributed by atoms with Crippen molar-refractivity contribution in [1.82, 2.24) is 0 Å². The van der Waals surface area contributed by atoms with Crippen LogP contribution >= 0.6 is 0 Å². The minimum atomic E-state index is -0.627. The van der Waals surface area contributed by atoms with Gasteiger partial charge >= 0.3 is 0 Å². The van der Waals surface area contributed by atoms with E-state index in [-0.39, 0.29) is 12.2 Å². The zero-order valence-electron chi connectivity index (χ0n) is 9.80. The molecule has 92 valence electrons. The van der Waals surface area contributed by atoms with Gasteiger partial charge in [-0.3, -0.25) is 0 Å². The summed E-state index contributed by atoms with van der Waals surface area (Å²) in [6.07, 6.45) is 0.170. The zero-order chi connectivity index (χ0) is 11.6. The van der Waals surface area contributed by atoms with Crippen LogP contribution < -0.4 is 0 Å². The molecule has 3 fully saturated rings. The molecule has 0 aromatic heterocycles. The molecule has 3 rings (SSSR count). The molecule has 5 nitrogen and oxygen atoms in total. The van der Waals surface area contributed by atoms with E-state index in [4.69, 9.17) is 18.9 Å². The van der Waals surface area contributed by atoms with Gasteiger partial charge in [0.2, 0.25) is 0 Å². The molecule has 2 aliphatic heterocycles. The van der Waals surface area contributed by atoms with Crippen molar-refractivity contribution < 1.29 is 24.1 Å². The average Bonchev–Trinajstić information content (AvgIpc) is 2.68. The van der Waals surface area contributed by atoms with Crippen molar-refractivity contribution in [3.8, 4) is 0 Å². The maximum Gasteiger partial charge on any atom is 0.187 e. The molecule has 2 heterocycles. The van der Waals surface area contributed by atoms with Crippen LogP contribution in [0.1, 0.15) is 26.7 Å². The number of hydrogen-bond acceptors (Lipinski definition) is 5. The Kier molecular flexibility index (Phi) is 2.17. The molecule has 1 N–H and O–H groups in total. The first-order valence-corrected chi connectivity index (χ1v) is 5.73. The molecule has 2 unspecified atom stereocenters. The van der Waals surface area contributed by atoms with Crippen LogP contribution in [-0.4, -0.2) is 48.2 Å². The predicted molar refractivity (Wildman–Crippen MR) is 53.7 cm³/mol. The molecule has 0 amide bonds. The van der Waals surface area contributed by atoms with Crippen LogP contribution in [0.2, 0.25) is 0 Å². The Bertz CT molecular complexity index is 305. The van der Waals surface area contributed by atoms with E-state index in [9.17, 15) is 5.11 Å². The van der Waals surface area contributed by atoms with E-state index >= 15 is 0 Å². The molecule has 5 atom stereocenters. The molecule has 0 aromatic rings. The number of ether oxygens (including phenoxy) is 4. The van der Waals surface area contributed by atoms with Gasteiger partial charge < -0.3 is 24.1 Å². The fourth-order valence-corrected chi connectivity index (χ4v) is 2.93. The van der Waals surface area contributed by atoms with Gasteiger partial charge in [-0.2, -0.15) is 0 Å². The highest BCUT2D eigenvalue weighted by molar-refractivity contribution is 5.13. The third kappa shape index (κ3) is 1.23. The Morgan fingerprint density at radius 3 is 2.50 bits per heavy atom. The molecule has 16 heavy (non-hydrogen) atoms. The van der Waals surface area contributed by atoms with Crippen LogP contribution in [0.4, 0.5) is 0 Å². The molecule has 3 aliphatic rings. The fourth-order valence-electron chi connectivity index (χ4n) is 2.93. The molecular weight excluding hydrogens is 212 g/mol. The fraction of sp³-hybridized carbons (Fsp3) is 1.00. The summed E-state index contributed by atoms with van der Waals surface area (Å²) in [5.41, 5.74) is -0.612. The standard InChI is InChI=1S/C11H18O5/c1-10(2)14-7-8(15-10)11(5-4-6(11)12)16-9(7)13-3/h6-9,12H,4-5H2,1-3H3/t6?,7?,8-,9-,11-/m1/s1. The van der Waals surface area contributed by atoms with Gasteiger partial charge in [0.1, 0.15) is 17.8 Å². The maximum absolute atomic E-state index is 9.91. The summed E-state index contributed by atoms with van der Waals surface area (Å²) < 4.78 is 22.7. The largest absolute Gasteiger partial charge is 0.390 e. The lowest BCUT2D eigenvalue weighted by Gasteiger charge is -2.45. The van der Waals surface area contributed by atoms with Crippen LogP contribution in [0, 0.1) is 0 Å². The lowest BCUT2D eigenvalue weighted by Crippen LogP contribution is -2.59. The second-order valence-electron chi connectivity index (χ2n) is 5.25. The highest BCUT2D eigenvalue weighted by atomic mass is 16.8. The number of fused-ring (bicyclic) bond motifs is 2. The summed E-state index contributed by atoms with van der Waals surface area (Å²) in [6.45, 7) is 3.74. The summed E-state index contributed by atoms with van der Waals surface area (Å²) in [4.78, 5) is 0. The molecule has 0 radical (unpaired) electrons. The Labute approximate surface area is 94.6 Å². The first kappa shape index (κ1) is 10.9. The lowest BCUT2D eigenvalue weighted by molar-refractivity contribution is -0.289. The quantitative estimate of drug-likeness (QED) is 0.706. The van der Waals surface area contributed by atoms with Gasteiger partial charge in [-0.15, -0.1) is 0 Å². The third-order valence-electron chi connectivity index (χ3n) is 3.82. The number of aliphatic hydroxyl groups is 1. The van der Waals surface area contributed by atoms with Crippen molar-refractivity contribution >= 4 is 0 Å². The molecule has 2 saturated heterocycles. The van der Waals surface area contributed by atoms with Crippen LogP contribution in [-0.2, 0) is 18.9 Å². The van der Waals surface area contributed by atoms with Gasteiger partial charge in [-0.05, 0) is 26.7 Å². The van der Waals surface area contributed by atoms with E-state index < -0.39 is 23.8 Å². The van der Waals surface area contributed by atoms with Crippen molar-refractivity contribution in [2.24, 2.45) is 0 Å². The van der Waals surface area contributed by atoms with E-state index in [1.54, 1.807) is 7.11 Å². The van der Waals surface area contributed by atoms with E-state index in [1.807, 2.05) is 13.8 Å². The Hall–Kier alpha value is -0.200. The Morgan fingerprint density at radius 2 is 2.00 bits per heavy atom. The summed E-state index contributed by atoms with van der Waals surface area (Å²) in [5, 5.41) is 9.91. The summed E-state index contributed by atoms with van der Waals surface area (Å²) >= 11 is 0. The topological polar surface area (TPSA) is 57.2 Å². The van der Waals surface area contributed by atoms with Crippen molar-refractivity contribution in [3.05, 3.63) is 0 Å². The minimum Gasteiger partial charge on any atom is -0.390 e. The molecule has 1 saturated carbocycles. The van der Waals surface area contributed by atoms with Gasteiger partial charge in [0.05, 0.1) is 6.10 Å². The van der Waals surface area contributed by atoms with E-state index in [1.165, 1.54) is 0 Å². The van der Waals surface area contributed by atoms with E-state index in [0.29, 0.717) is 0 Å². The minimum absolute atomic E-state index is 0.226. The maximum atomic E-state index is 9.91. The van der Waals surface area contributed by atoms with Crippen LogP contribution in [0.15, 0.2) is 0 Å². The van der Waals surface area contributed by atoms with Crippen molar-refractivity contribution in [2.75, 3.05) is 7.11 Å². The van der Waals surface area contributed by atoms with Crippen molar-refractivity contribution in [2.45, 2.75) is 62.7 Å². The van der Waals surface area contributed by atoms with Crippen molar-refractivity contribution in [3.63, 3.8) is 0 Å². The predicted octanol–water partition coefficient (Wildman–Crippen LogP) is 0.403. The summed E-state index contributed by atoms with van der Waals surface area (Å²) in [6, 6.07) is 0. The van der Waals surface area contributed by atoms with Gasteiger partial charge in [-0.25, -0.2) is 0 Å². The van der Waals surface area contributed by atoms with Gasteiger partial charge in [0.25, 0.3) is 0 Å². The second-order valence-corrected chi connectivity index (χ2v) is 5.25. The first-order chi connectivity index (χ1) is 7.48.